The van der Waals surface area contributed by atoms with Crippen molar-refractivity contribution in [2.24, 2.45) is 0 Å². The molecule has 0 spiro atoms. The van der Waals surface area contributed by atoms with Gasteiger partial charge in [-0.15, -0.1) is 0 Å². The zero-order valence-corrected chi connectivity index (χ0v) is 13.3. The lowest BCUT2D eigenvalue weighted by molar-refractivity contribution is 0.199. The Bertz CT molecular complexity index is 490. The van der Waals surface area contributed by atoms with E-state index < -0.39 is 0 Å². The van der Waals surface area contributed by atoms with Gasteiger partial charge in [0.05, 0.1) is 17.8 Å². The molecule has 0 aliphatic heterocycles. The molecule has 0 saturated heterocycles. The van der Waals surface area contributed by atoms with E-state index in [0.29, 0.717) is 0 Å². The maximum atomic E-state index is 5.06. The maximum absolute atomic E-state index is 5.06. The largest absolute Gasteiger partial charge is 0.383 e. The van der Waals surface area contributed by atoms with E-state index in [4.69, 9.17) is 9.84 Å². The normalized spacial score (nSPS) is 11.3. The topological polar surface area (TPSA) is 39.1 Å². The molecule has 0 aliphatic carbocycles. The van der Waals surface area contributed by atoms with Crippen molar-refractivity contribution >= 4 is 10.9 Å². The average molecular weight is 289 g/mol. The molecule has 0 radical (unpaired) electrons. The highest BCUT2D eigenvalue weighted by Crippen LogP contribution is 2.19. The predicted molar refractivity (Wildman–Crippen MR) is 87.5 cm³/mol. The Kier molecular flexibility index (Phi) is 6.70. The van der Waals surface area contributed by atoms with Gasteiger partial charge in [0.15, 0.2) is 0 Å². The van der Waals surface area contributed by atoms with Crippen molar-refractivity contribution in [1.82, 2.24) is 15.1 Å². The second-order valence-electron chi connectivity index (χ2n) is 5.42. The van der Waals surface area contributed by atoms with Crippen molar-refractivity contribution in [2.45, 2.75) is 45.7 Å². The molecule has 21 heavy (non-hydrogen) atoms. The minimum Gasteiger partial charge on any atom is -0.383 e. The molecule has 1 aromatic carbocycles. The summed E-state index contributed by atoms with van der Waals surface area (Å²) in [4.78, 5) is 0. The van der Waals surface area contributed by atoms with Gasteiger partial charge in [-0.2, -0.15) is 5.10 Å². The molecule has 0 aliphatic rings. The van der Waals surface area contributed by atoms with Gasteiger partial charge in [-0.05, 0) is 12.5 Å². The number of unbranched alkanes of at least 4 members (excludes halogenated alkanes) is 3. The van der Waals surface area contributed by atoms with E-state index in [0.717, 1.165) is 31.9 Å². The molecule has 1 heterocycles. The molecule has 0 unspecified atom stereocenters. The number of para-hydroxylation sites is 1. The summed E-state index contributed by atoms with van der Waals surface area (Å²) in [5, 5.41) is 9.44. The van der Waals surface area contributed by atoms with Crippen LogP contribution in [0.15, 0.2) is 24.3 Å². The molecule has 4 heteroatoms. The van der Waals surface area contributed by atoms with Crippen LogP contribution in [-0.2, 0) is 17.8 Å². The molecule has 116 valence electrons. The quantitative estimate of drug-likeness (QED) is 0.682. The monoisotopic (exact) mass is 289 g/mol. The first-order valence-electron chi connectivity index (χ1n) is 8.01. The van der Waals surface area contributed by atoms with Gasteiger partial charge in [-0.1, -0.05) is 44.4 Å². The number of methoxy groups -OCH3 is 1. The van der Waals surface area contributed by atoms with Crippen LogP contribution in [0, 0.1) is 0 Å². The molecule has 0 fully saturated rings. The number of benzene rings is 1. The fourth-order valence-corrected chi connectivity index (χ4v) is 2.57. The van der Waals surface area contributed by atoms with Gasteiger partial charge < -0.3 is 10.1 Å². The van der Waals surface area contributed by atoms with Crippen LogP contribution in [0.5, 0.6) is 0 Å². The van der Waals surface area contributed by atoms with Crippen LogP contribution in [0.4, 0.5) is 0 Å². The van der Waals surface area contributed by atoms with E-state index in [2.05, 4.69) is 41.2 Å². The number of fused-ring (bicyclic) bond motifs is 1. The minimum atomic E-state index is 0.732. The van der Waals surface area contributed by atoms with Gasteiger partial charge in [0.2, 0.25) is 0 Å². The number of aromatic nitrogens is 2. The molecule has 1 aromatic heterocycles. The maximum Gasteiger partial charge on any atom is 0.0841 e. The first-order chi connectivity index (χ1) is 10.4. The molecule has 0 bridgehead atoms. The number of aryl methyl sites for hydroxylation is 1. The fraction of sp³-hybridized carbons (Fsp3) is 0.588. The highest BCUT2D eigenvalue weighted by Gasteiger charge is 2.09. The predicted octanol–water partition coefficient (Wildman–Crippen LogP) is 3.35. The second kappa shape index (κ2) is 8.80. The van der Waals surface area contributed by atoms with Crippen LogP contribution in [-0.4, -0.2) is 30.0 Å². The lowest BCUT2D eigenvalue weighted by Crippen LogP contribution is -2.19. The third-order valence-electron chi connectivity index (χ3n) is 3.73. The van der Waals surface area contributed by atoms with E-state index in [1.807, 2.05) is 0 Å². The van der Waals surface area contributed by atoms with Crippen LogP contribution in [0.2, 0.25) is 0 Å². The molecule has 4 nitrogen and oxygen atoms in total. The third-order valence-corrected chi connectivity index (χ3v) is 3.73. The number of rotatable bonds is 10. The zero-order valence-electron chi connectivity index (χ0n) is 13.3. The van der Waals surface area contributed by atoms with Gasteiger partial charge >= 0.3 is 0 Å². The Balaban J connectivity index is 2.03. The second-order valence-corrected chi connectivity index (χ2v) is 5.42. The summed E-state index contributed by atoms with van der Waals surface area (Å²) in [6.45, 7) is 5.64. The molecule has 1 N–H and O–H groups in total. The van der Waals surface area contributed by atoms with Crippen LogP contribution >= 0.6 is 0 Å². The third kappa shape index (κ3) is 4.55. The Morgan fingerprint density at radius 1 is 1.19 bits per heavy atom. The van der Waals surface area contributed by atoms with Crippen molar-refractivity contribution in [2.75, 3.05) is 20.3 Å². The summed E-state index contributed by atoms with van der Waals surface area (Å²) in [6, 6.07) is 8.51. The van der Waals surface area contributed by atoms with Gasteiger partial charge in [0.1, 0.15) is 0 Å². The Morgan fingerprint density at radius 2 is 2.05 bits per heavy atom. The van der Waals surface area contributed by atoms with Crippen molar-refractivity contribution in [3.8, 4) is 0 Å². The van der Waals surface area contributed by atoms with Crippen molar-refractivity contribution in [3.63, 3.8) is 0 Å². The van der Waals surface area contributed by atoms with E-state index in [1.165, 1.54) is 36.6 Å². The summed E-state index contributed by atoms with van der Waals surface area (Å²) in [5.41, 5.74) is 2.38. The summed E-state index contributed by atoms with van der Waals surface area (Å²) in [6.07, 6.45) is 5.07. The molecule has 2 rings (SSSR count). The van der Waals surface area contributed by atoms with E-state index >= 15 is 0 Å². The highest BCUT2D eigenvalue weighted by molar-refractivity contribution is 5.81. The molecule has 0 atom stereocenters. The van der Waals surface area contributed by atoms with E-state index in [1.54, 1.807) is 7.11 Å². The summed E-state index contributed by atoms with van der Waals surface area (Å²) >= 11 is 0. The molecule has 2 aromatic rings. The highest BCUT2D eigenvalue weighted by atomic mass is 16.5. The fourth-order valence-electron chi connectivity index (χ4n) is 2.57. The smallest absolute Gasteiger partial charge is 0.0841 e. The van der Waals surface area contributed by atoms with Crippen molar-refractivity contribution < 1.29 is 4.74 Å². The molecule has 0 saturated carbocycles. The molecular weight excluding hydrogens is 262 g/mol. The van der Waals surface area contributed by atoms with Crippen LogP contribution in [0.1, 0.15) is 38.3 Å². The zero-order chi connectivity index (χ0) is 14.9. The van der Waals surface area contributed by atoms with E-state index in [-0.39, 0.29) is 0 Å². The Morgan fingerprint density at radius 3 is 2.86 bits per heavy atom. The number of hydrogen-bond acceptors (Lipinski definition) is 3. The summed E-state index contributed by atoms with van der Waals surface area (Å²) in [5.74, 6) is 0. The van der Waals surface area contributed by atoms with Crippen LogP contribution < -0.4 is 5.32 Å². The lowest BCUT2D eigenvalue weighted by atomic mass is 10.2. The Hall–Kier alpha value is -1.39. The van der Waals surface area contributed by atoms with Crippen molar-refractivity contribution in [1.29, 1.82) is 0 Å². The van der Waals surface area contributed by atoms with Crippen LogP contribution in [0.3, 0.4) is 0 Å². The summed E-state index contributed by atoms with van der Waals surface area (Å²) < 4.78 is 7.23. The van der Waals surface area contributed by atoms with Gasteiger partial charge in [-0.3, -0.25) is 4.68 Å². The molecule has 0 amide bonds. The summed E-state index contributed by atoms with van der Waals surface area (Å²) in [7, 11) is 1.72. The van der Waals surface area contributed by atoms with E-state index in [9.17, 15) is 0 Å². The SMILES string of the molecule is CCCCCCn1nc(CNCCOC)c2ccccc21. The van der Waals surface area contributed by atoms with Gasteiger partial charge in [0.25, 0.3) is 0 Å². The Labute approximate surface area is 127 Å². The standard InChI is InChI=1S/C17H27N3O/c1-3-4-5-8-12-20-17-10-7-6-9-15(17)16(19-20)14-18-11-13-21-2/h6-7,9-10,18H,3-5,8,11-14H2,1-2H3. The van der Waals surface area contributed by atoms with Gasteiger partial charge in [0, 0.05) is 32.1 Å². The van der Waals surface area contributed by atoms with Gasteiger partial charge in [-0.25, -0.2) is 0 Å². The first-order valence-corrected chi connectivity index (χ1v) is 8.01. The molecular formula is C17H27N3O. The minimum absolute atomic E-state index is 0.732. The van der Waals surface area contributed by atoms with Crippen LogP contribution in [0.25, 0.3) is 10.9 Å². The van der Waals surface area contributed by atoms with Crippen molar-refractivity contribution in [3.05, 3.63) is 30.0 Å². The average Bonchev–Trinajstić information content (AvgIpc) is 2.87. The number of nitrogens with zero attached hydrogens (tertiary/aromatic N) is 2. The number of ether oxygens (including phenoxy) is 1. The number of hydrogen-bond donors (Lipinski definition) is 1. The number of nitrogens with one attached hydrogen (secondary N) is 1. The lowest BCUT2D eigenvalue weighted by Gasteiger charge is -2.03. The first kappa shape index (κ1) is 16.0.